The highest BCUT2D eigenvalue weighted by atomic mass is 16.5. The molecule has 3 saturated carbocycles. The largest absolute Gasteiger partial charge is 0.466 e. The Hall–Kier alpha value is -1.45. The summed E-state index contributed by atoms with van der Waals surface area (Å²) in [4.78, 5) is 40.7. The van der Waals surface area contributed by atoms with Crippen molar-refractivity contribution in [2.45, 2.75) is 114 Å². The molecule has 3 fully saturated rings. The number of hydrogen-bond donors (Lipinski definition) is 0. The molecule has 4 aliphatic rings. The number of allylic oxidation sites excluding steroid dienone is 2. The molecule has 0 bridgehead atoms. The van der Waals surface area contributed by atoms with Gasteiger partial charge in [-0.05, 0) is 91.9 Å². The Kier molecular flexibility index (Phi) is 6.74. The van der Waals surface area contributed by atoms with E-state index in [4.69, 9.17) is 4.74 Å². The van der Waals surface area contributed by atoms with Gasteiger partial charge < -0.3 is 4.74 Å². The molecular weight excluding hydrogens is 448 g/mol. The standard InChI is InChI=1S/C32H50O4/c1-10-36-27(35)32(16-11-20(2)3)18-17-31(9)26(21(32)4)22(33)19-24-29(7)14-13-25(34)28(5,6)23(29)12-15-30(24,31)8/h19-21,23,26H,10-18H2,1-9H3. The highest BCUT2D eigenvalue weighted by molar-refractivity contribution is 5.96. The lowest BCUT2D eigenvalue weighted by Gasteiger charge is -2.68. The van der Waals surface area contributed by atoms with Gasteiger partial charge in [0.25, 0.3) is 0 Å². The Balaban J connectivity index is 1.80. The summed E-state index contributed by atoms with van der Waals surface area (Å²) in [5.74, 6) is 0.986. The van der Waals surface area contributed by atoms with E-state index in [0.717, 1.165) is 44.9 Å². The van der Waals surface area contributed by atoms with Crippen molar-refractivity contribution in [1.82, 2.24) is 0 Å². The van der Waals surface area contributed by atoms with E-state index >= 15 is 0 Å². The molecule has 0 aliphatic heterocycles. The van der Waals surface area contributed by atoms with Gasteiger partial charge in [-0.2, -0.15) is 0 Å². The van der Waals surface area contributed by atoms with Crippen LogP contribution >= 0.6 is 0 Å². The van der Waals surface area contributed by atoms with Gasteiger partial charge in [-0.3, -0.25) is 14.4 Å². The van der Waals surface area contributed by atoms with Crippen molar-refractivity contribution in [3.05, 3.63) is 11.6 Å². The van der Waals surface area contributed by atoms with Crippen LogP contribution in [0.15, 0.2) is 11.6 Å². The molecular formula is C32H50O4. The summed E-state index contributed by atoms with van der Waals surface area (Å²) in [6.45, 7) is 20.2. The van der Waals surface area contributed by atoms with Crippen LogP contribution in [-0.2, 0) is 19.1 Å². The summed E-state index contributed by atoms with van der Waals surface area (Å²) < 4.78 is 5.69. The SMILES string of the molecule is CCOC(=O)C1(CCC(C)C)CCC2(C)C(C(=O)C=C3C4(C)CCC(=O)C(C)(C)C4CCC32C)C1C. The highest BCUT2D eigenvalue weighted by Crippen LogP contribution is 2.73. The first-order valence-corrected chi connectivity index (χ1v) is 14.6. The monoisotopic (exact) mass is 498 g/mol. The first-order valence-electron chi connectivity index (χ1n) is 14.6. The van der Waals surface area contributed by atoms with Gasteiger partial charge in [0.05, 0.1) is 12.0 Å². The van der Waals surface area contributed by atoms with Crippen molar-refractivity contribution in [1.29, 1.82) is 0 Å². The molecule has 0 heterocycles. The molecule has 7 atom stereocenters. The van der Waals surface area contributed by atoms with E-state index in [0.29, 0.717) is 24.7 Å². The van der Waals surface area contributed by atoms with Crippen molar-refractivity contribution in [2.24, 2.45) is 50.7 Å². The van der Waals surface area contributed by atoms with Crippen LogP contribution in [-0.4, -0.2) is 24.1 Å². The molecule has 4 heteroatoms. The Morgan fingerprint density at radius 3 is 2.33 bits per heavy atom. The van der Waals surface area contributed by atoms with Crippen LogP contribution in [0.4, 0.5) is 0 Å². The van der Waals surface area contributed by atoms with E-state index in [9.17, 15) is 14.4 Å². The number of Topliss-reactive ketones (excluding diaryl/α,β-unsaturated/α-hetero) is 1. The highest BCUT2D eigenvalue weighted by Gasteiger charge is 2.69. The summed E-state index contributed by atoms with van der Waals surface area (Å²) in [6, 6.07) is 0. The molecule has 0 aromatic heterocycles. The molecule has 36 heavy (non-hydrogen) atoms. The third kappa shape index (κ3) is 3.55. The lowest BCUT2D eigenvalue weighted by molar-refractivity contribution is -0.183. The molecule has 4 nitrogen and oxygen atoms in total. The van der Waals surface area contributed by atoms with E-state index in [1.165, 1.54) is 5.57 Å². The smallest absolute Gasteiger partial charge is 0.312 e. The molecule has 0 N–H and O–H groups in total. The van der Waals surface area contributed by atoms with Gasteiger partial charge in [0.2, 0.25) is 0 Å². The fourth-order valence-corrected chi connectivity index (χ4v) is 9.69. The molecule has 4 rings (SSSR count). The number of ether oxygens (including phenoxy) is 1. The van der Waals surface area contributed by atoms with Crippen molar-refractivity contribution >= 4 is 17.5 Å². The van der Waals surface area contributed by atoms with Gasteiger partial charge in [-0.25, -0.2) is 0 Å². The van der Waals surface area contributed by atoms with E-state index in [-0.39, 0.29) is 51.2 Å². The lowest BCUT2D eigenvalue weighted by atomic mass is 9.35. The minimum absolute atomic E-state index is 0.0638. The third-order valence-electron chi connectivity index (χ3n) is 12.2. The van der Waals surface area contributed by atoms with Crippen LogP contribution in [0, 0.1) is 50.7 Å². The van der Waals surface area contributed by atoms with Crippen LogP contribution in [0.2, 0.25) is 0 Å². The zero-order valence-corrected chi connectivity index (χ0v) is 24.4. The summed E-state index contributed by atoms with van der Waals surface area (Å²) >= 11 is 0. The summed E-state index contributed by atoms with van der Waals surface area (Å²) in [5, 5.41) is 0. The van der Waals surface area contributed by atoms with E-state index < -0.39 is 5.41 Å². The predicted octanol–water partition coefficient (Wildman–Crippen LogP) is 7.35. The molecule has 0 spiro atoms. The number of carbonyl (C=O) groups excluding carboxylic acids is 3. The van der Waals surface area contributed by atoms with E-state index in [1.807, 2.05) is 13.0 Å². The minimum atomic E-state index is -0.595. The van der Waals surface area contributed by atoms with Gasteiger partial charge in [0.1, 0.15) is 5.78 Å². The van der Waals surface area contributed by atoms with Crippen LogP contribution < -0.4 is 0 Å². The number of ketones is 2. The van der Waals surface area contributed by atoms with Gasteiger partial charge >= 0.3 is 5.97 Å². The maximum absolute atomic E-state index is 14.2. The van der Waals surface area contributed by atoms with Crippen LogP contribution in [0.3, 0.4) is 0 Å². The van der Waals surface area contributed by atoms with Gasteiger partial charge in [-0.15, -0.1) is 0 Å². The number of hydrogen-bond acceptors (Lipinski definition) is 4. The summed E-state index contributed by atoms with van der Waals surface area (Å²) in [5.41, 5.74) is -0.103. The Bertz CT molecular complexity index is 975. The van der Waals surface area contributed by atoms with Crippen LogP contribution in [0.1, 0.15) is 114 Å². The molecule has 0 saturated heterocycles. The van der Waals surface area contributed by atoms with Gasteiger partial charge in [0, 0.05) is 17.8 Å². The number of esters is 1. The average molecular weight is 499 g/mol. The second-order valence-corrected chi connectivity index (χ2v) is 14.4. The fourth-order valence-electron chi connectivity index (χ4n) is 9.69. The van der Waals surface area contributed by atoms with Crippen molar-refractivity contribution < 1.29 is 19.1 Å². The summed E-state index contributed by atoms with van der Waals surface area (Å²) in [7, 11) is 0. The predicted molar refractivity (Wildman–Crippen MR) is 143 cm³/mol. The number of fused-ring (bicyclic) bond motifs is 5. The molecule has 0 amide bonds. The van der Waals surface area contributed by atoms with Crippen LogP contribution in [0.25, 0.3) is 0 Å². The molecule has 4 aliphatic carbocycles. The Labute approximate surface area is 219 Å². The maximum Gasteiger partial charge on any atom is 0.312 e. The van der Waals surface area contributed by atoms with Crippen molar-refractivity contribution in [2.75, 3.05) is 6.61 Å². The average Bonchev–Trinajstić information content (AvgIpc) is 2.78. The van der Waals surface area contributed by atoms with Crippen molar-refractivity contribution in [3.8, 4) is 0 Å². The molecule has 0 aromatic rings. The second kappa shape index (κ2) is 8.80. The Morgan fingerprint density at radius 1 is 1.06 bits per heavy atom. The lowest BCUT2D eigenvalue weighted by Crippen LogP contribution is -2.64. The normalized spacial score (nSPS) is 43.8. The molecule has 7 unspecified atom stereocenters. The molecule has 0 aromatic carbocycles. The van der Waals surface area contributed by atoms with E-state index in [2.05, 4.69) is 55.4 Å². The zero-order chi connectivity index (χ0) is 26.9. The molecule has 202 valence electrons. The van der Waals surface area contributed by atoms with Gasteiger partial charge in [0.15, 0.2) is 5.78 Å². The van der Waals surface area contributed by atoms with E-state index in [1.54, 1.807) is 0 Å². The first-order chi connectivity index (χ1) is 16.6. The number of rotatable bonds is 5. The second-order valence-electron chi connectivity index (χ2n) is 14.4. The van der Waals surface area contributed by atoms with Crippen molar-refractivity contribution in [3.63, 3.8) is 0 Å². The zero-order valence-electron chi connectivity index (χ0n) is 24.4. The van der Waals surface area contributed by atoms with Gasteiger partial charge in [-0.1, -0.05) is 61.0 Å². The third-order valence-corrected chi connectivity index (χ3v) is 12.2. The minimum Gasteiger partial charge on any atom is -0.466 e. The first kappa shape index (κ1) is 27.6. The quantitative estimate of drug-likeness (QED) is 0.372. The number of carbonyl (C=O) groups is 3. The van der Waals surface area contributed by atoms with Crippen LogP contribution in [0.5, 0.6) is 0 Å². The maximum atomic E-state index is 14.2. The Morgan fingerprint density at radius 2 is 1.72 bits per heavy atom. The summed E-state index contributed by atoms with van der Waals surface area (Å²) in [6.07, 6.45) is 8.85. The fraction of sp³-hybridized carbons (Fsp3) is 0.844. The molecule has 0 radical (unpaired) electrons. The topological polar surface area (TPSA) is 60.4 Å².